The van der Waals surface area contributed by atoms with Gasteiger partial charge in [-0.15, -0.1) is 6.58 Å². The third-order valence-corrected chi connectivity index (χ3v) is 11.6. The summed E-state index contributed by atoms with van der Waals surface area (Å²) in [6, 6.07) is 24.0. The molecular weight excluding hydrogens is 751 g/mol. The van der Waals surface area contributed by atoms with Gasteiger partial charge >= 0.3 is 16.2 Å². The van der Waals surface area contributed by atoms with Crippen molar-refractivity contribution in [3.63, 3.8) is 0 Å². The molecule has 1 aromatic heterocycles. The topological polar surface area (TPSA) is 193 Å². The minimum Gasteiger partial charge on any atom is -0.497 e. The summed E-state index contributed by atoms with van der Waals surface area (Å²) in [5, 5.41) is 15.6. The second-order valence-corrected chi connectivity index (χ2v) is 15.8. The van der Waals surface area contributed by atoms with Gasteiger partial charge in [0.05, 0.1) is 30.0 Å². The van der Waals surface area contributed by atoms with Crippen molar-refractivity contribution in [1.82, 2.24) is 20.3 Å². The predicted molar refractivity (Wildman–Crippen MR) is 215 cm³/mol. The third kappa shape index (κ3) is 9.78. The van der Waals surface area contributed by atoms with Crippen molar-refractivity contribution in [2.24, 2.45) is 5.92 Å². The van der Waals surface area contributed by atoms with Gasteiger partial charge in [0.1, 0.15) is 23.1 Å². The van der Waals surface area contributed by atoms with Crippen LogP contribution in [-0.2, 0) is 29.4 Å². The molecule has 2 aliphatic rings. The van der Waals surface area contributed by atoms with Crippen LogP contribution in [0.15, 0.2) is 97.6 Å². The zero-order chi connectivity index (χ0) is 40.6. The SMILES string of the molecule is C=C[C@@H]1C[C@]1(NC(=O)[C@@H]1C[C@@H](Oc2cc(-c3ccccc3)nc3cc(OC)ccc23)CN1)C(=O)NS(=O)(=O)N(C(=O)CCCCCCCC(=O)O)c1ccccc1. The Labute approximate surface area is 331 Å². The van der Waals surface area contributed by atoms with Crippen molar-refractivity contribution in [3.05, 3.63) is 97.6 Å². The number of anilines is 1. The van der Waals surface area contributed by atoms with Crippen LogP contribution in [-0.4, -0.2) is 73.5 Å². The van der Waals surface area contributed by atoms with Crippen molar-refractivity contribution in [2.75, 3.05) is 18.0 Å². The van der Waals surface area contributed by atoms with Crippen molar-refractivity contribution < 1.29 is 42.2 Å². The van der Waals surface area contributed by atoms with E-state index in [0.717, 1.165) is 10.9 Å². The van der Waals surface area contributed by atoms with Gasteiger partial charge in [-0.3, -0.25) is 19.2 Å². The molecule has 1 aliphatic heterocycles. The maximum atomic E-state index is 13.9. The van der Waals surface area contributed by atoms with Crippen LogP contribution in [0.25, 0.3) is 22.2 Å². The minimum absolute atomic E-state index is 0.0524. The summed E-state index contributed by atoms with van der Waals surface area (Å²) in [5.41, 5.74) is 0.737. The van der Waals surface area contributed by atoms with E-state index in [1.165, 1.54) is 18.2 Å². The number of benzene rings is 3. The normalized spacial score (nSPS) is 20.0. The number of carboxylic acids is 1. The van der Waals surface area contributed by atoms with Gasteiger partial charge in [-0.1, -0.05) is 73.9 Å². The van der Waals surface area contributed by atoms with Crippen LogP contribution in [0.1, 0.15) is 57.8 Å². The average molecular weight is 798 g/mol. The van der Waals surface area contributed by atoms with Crippen molar-refractivity contribution in [3.8, 4) is 22.8 Å². The highest BCUT2D eigenvalue weighted by molar-refractivity contribution is 7.92. The number of unbranched alkanes of at least 4 members (excludes halogenated alkanes) is 4. The molecule has 15 heteroatoms. The molecule has 0 bridgehead atoms. The Hall–Kier alpha value is -5.80. The van der Waals surface area contributed by atoms with Gasteiger partial charge in [0.2, 0.25) is 11.8 Å². The average Bonchev–Trinajstić information content (AvgIpc) is 3.72. The molecule has 3 aromatic carbocycles. The fraction of sp³-hybridized carbons (Fsp3) is 0.357. The molecule has 4 aromatic rings. The molecule has 4 N–H and O–H groups in total. The molecule has 1 saturated heterocycles. The summed E-state index contributed by atoms with van der Waals surface area (Å²) in [6.07, 6.45) is 4.24. The summed E-state index contributed by atoms with van der Waals surface area (Å²) in [5.74, 6) is -2.42. The van der Waals surface area contributed by atoms with E-state index in [0.29, 0.717) is 65.7 Å². The molecule has 2 heterocycles. The number of hydrogen-bond donors (Lipinski definition) is 4. The first-order chi connectivity index (χ1) is 27.4. The molecule has 1 aliphatic carbocycles. The minimum atomic E-state index is -4.77. The number of ether oxygens (including phenoxy) is 2. The molecule has 57 heavy (non-hydrogen) atoms. The highest BCUT2D eigenvalue weighted by Gasteiger charge is 2.61. The Morgan fingerprint density at radius 3 is 2.32 bits per heavy atom. The van der Waals surface area contributed by atoms with Gasteiger partial charge in [0.15, 0.2) is 0 Å². The van der Waals surface area contributed by atoms with E-state index in [-0.39, 0.29) is 31.4 Å². The second kappa shape index (κ2) is 18.0. The van der Waals surface area contributed by atoms with Crippen molar-refractivity contribution in [1.29, 1.82) is 0 Å². The van der Waals surface area contributed by atoms with Gasteiger partial charge < -0.3 is 25.2 Å². The van der Waals surface area contributed by atoms with E-state index in [4.69, 9.17) is 19.6 Å². The Morgan fingerprint density at radius 2 is 1.65 bits per heavy atom. The maximum Gasteiger partial charge on any atom is 0.332 e. The molecule has 6 rings (SSSR count). The zero-order valence-electron chi connectivity index (χ0n) is 31.7. The van der Waals surface area contributed by atoms with Crippen LogP contribution in [0, 0.1) is 5.92 Å². The standard InChI is InChI=1S/C42H47N5O9S/c1-3-29-26-42(29,41(52)46-57(53,54)47(30-17-11-8-12-18-30)38(48)19-13-5-4-6-14-20-39(49)50)45-40(51)36-24-32(27-43-36)56-37-25-34(28-15-9-7-10-16-28)44-35-23-31(55-2)21-22-33(35)37/h3,7-12,15-18,21-23,25,29,32,36,43H,1,4-6,13-14,19-20,24,26-27H2,2H3,(H,45,51)(H,46,52)(H,49,50)/t29-,32-,36+,42-/m1/s1. The maximum absolute atomic E-state index is 13.9. The summed E-state index contributed by atoms with van der Waals surface area (Å²) >= 11 is 0. The molecule has 0 unspecified atom stereocenters. The first-order valence-electron chi connectivity index (χ1n) is 19.0. The van der Waals surface area contributed by atoms with Crippen LogP contribution >= 0.6 is 0 Å². The van der Waals surface area contributed by atoms with Crippen molar-refractivity contribution >= 4 is 50.5 Å². The number of nitrogens with zero attached hydrogens (tertiary/aromatic N) is 2. The number of carboxylic acid groups (broad SMARTS) is 1. The number of aromatic nitrogens is 1. The van der Waals surface area contributed by atoms with Crippen LogP contribution in [0.4, 0.5) is 5.69 Å². The van der Waals surface area contributed by atoms with Gasteiger partial charge in [-0.05, 0) is 43.5 Å². The number of hydrogen-bond acceptors (Lipinski definition) is 10. The van der Waals surface area contributed by atoms with Crippen LogP contribution < -0.4 is 29.1 Å². The number of pyridine rings is 1. The van der Waals surface area contributed by atoms with E-state index in [9.17, 15) is 27.6 Å². The largest absolute Gasteiger partial charge is 0.497 e. The third-order valence-electron chi connectivity index (χ3n) is 10.3. The summed E-state index contributed by atoms with van der Waals surface area (Å²) < 4.78 is 42.2. The van der Waals surface area contributed by atoms with Gasteiger partial charge in [0.25, 0.3) is 5.91 Å². The van der Waals surface area contributed by atoms with Crippen molar-refractivity contribution in [2.45, 2.75) is 75.5 Å². The first-order valence-corrected chi connectivity index (χ1v) is 20.4. The smallest absolute Gasteiger partial charge is 0.332 e. The molecule has 4 atom stereocenters. The summed E-state index contributed by atoms with van der Waals surface area (Å²) in [7, 11) is -3.18. The lowest BCUT2D eigenvalue weighted by atomic mass is 10.1. The molecular formula is C42H47N5O9S. The van der Waals surface area contributed by atoms with Gasteiger partial charge in [0, 0.05) is 54.8 Å². The van der Waals surface area contributed by atoms with Gasteiger partial charge in [-0.25, -0.2) is 9.71 Å². The Kier molecular flexibility index (Phi) is 12.9. The monoisotopic (exact) mass is 797 g/mol. The van der Waals surface area contributed by atoms with E-state index < -0.39 is 57.5 Å². The van der Waals surface area contributed by atoms with Crippen LogP contribution in [0.5, 0.6) is 11.5 Å². The number of carbonyl (C=O) groups excluding carboxylic acids is 3. The molecule has 1 saturated carbocycles. The second-order valence-electron chi connectivity index (χ2n) is 14.3. The van der Waals surface area contributed by atoms with Crippen LogP contribution in [0.2, 0.25) is 0 Å². The molecule has 0 radical (unpaired) electrons. The molecule has 3 amide bonds. The first kappa shape index (κ1) is 40.9. The highest BCUT2D eigenvalue weighted by Crippen LogP contribution is 2.45. The van der Waals surface area contributed by atoms with Gasteiger partial charge in [-0.2, -0.15) is 12.7 Å². The van der Waals surface area contributed by atoms with E-state index >= 15 is 0 Å². The number of carbonyl (C=O) groups is 4. The molecule has 14 nitrogen and oxygen atoms in total. The quantitative estimate of drug-likeness (QED) is 0.0712. The number of fused-ring (bicyclic) bond motifs is 1. The molecule has 300 valence electrons. The lowest BCUT2D eigenvalue weighted by Crippen LogP contribution is -2.57. The summed E-state index contributed by atoms with van der Waals surface area (Å²) in [6.45, 7) is 4.11. The van der Waals surface area contributed by atoms with Crippen LogP contribution in [0.3, 0.4) is 0 Å². The highest BCUT2D eigenvalue weighted by atomic mass is 32.2. The fourth-order valence-corrected chi connectivity index (χ4v) is 8.36. The van der Waals surface area contributed by atoms with E-state index in [2.05, 4.69) is 21.9 Å². The number of rotatable bonds is 19. The zero-order valence-corrected chi connectivity index (χ0v) is 32.5. The number of para-hydroxylation sites is 1. The Balaban J connectivity index is 1.12. The predicted octanol–water partition coefficient (Wildman–Crippen LogP) is 5.29. The molecule has 2 fully saturated rings. The number of nitrogens with one attached hydrogen (secondary N) is 3. The number of methoxy groups -OCH3 is 1. The lowest BCUT2D eigenvalue weighted by molar-refractivity contribution is -0.137. The van der Waals surface area contributed by atoms with E-state index in [1.54, 1.807) is 25.3 Å². The fourth-order valence-electron chi connectivity index (χ4n) is 7.09. The summed E-state index contributed by atoms with van der Waals surface area (Å²) in [4.78, 5) is 56.7. The lowest BCUT2D eigenvalue weighted by Gasteiger charge is -2.25. The number of aliphatic carboxylic acids is 1. The number of amides is 3. The molecule has 0 spiro atoms. The Morgan fingerprint density at radius 1 is 0.965 bits per heavy atom. The van der Waals surface area contributed by atoms with E-state index in [1.807, 2.05) is 54.6 Å². The Bertz CT molecular complexity index is 2220.